The van der Waals surface area contributed by atoms with Gasteiger partial charge in [0.05, 0.1) is 18.8 Å². The number of nitrogens with zero attached hydrogens (tertiary/aromatic N) is 2. The Morgan fingerprint density at radius 2 is 2.20 bits per heavy atom. The molecule has 2 rings (SSSR count). The standard InChI is InChI=1S/C14H19N3O2S/c1-17(2)13(14-16-10(7-15)8-20-14)9-4-5-11(18)12(6-9)19-3/h4-6,8,13,18H,7,15H2,1-3H3. The maximum atomic E-state index is 9.70. The second-order valence-corrected chi connectivity index (χ2v) is 5.57. The van der Waals surface area contributed by atoms with E-state index in [-0.39, 0.29) is 11.8 Å². The fourth-order valence-electron chi connectivity index (χ4n) is 2.07. The topological polar surface area (TPSA) is 71.6 Å². The van der Waals surface area contributed by atoms with Crippen LogP contribution in [0, 0.1) is 0 Å². The molecule has 3 N–H and O–H groups in total. The summed E-state index contributed by atoms with van der Waals surface area (Å²) < 4.78 is 5.17. The summed E-state index contributed by atoms with van der Waals surface area (Å²) in [6.45, 7) is 0.440. The molecule has 2 aromatic rings. The summed E-state index contributed by atoms with van der Waals surface area (Å²) in [4.78, 5) is 6.63. The van der Waals surface area contributed by atoms with Crippen LogP contribution in [0.25, 0.3) is 0 Å². The normalized spacial score (nSPS) is 12.7. The number of methoxy groups -OCH3 is 1. The Morgan fingerprint density at radius 3 is 2.75 bits per heavy atom. The molecular formula is C14H19N3O2S. The fourth-order valence-corrected chi connectivity index (χ4v) is 3.12. The summed E-state index contributed by atoms with van der Waals surface area (Å²) in [6.07, 6.45) is 0. The van der Waals surface area contributed by atoms with Crippen LogP contribution in [-0.2, 0) is 6.54 Å². The minimum atomic E-state index is 0.00907. The number of aromatic nitrogens is 1. The monoisotopic (exact) mass is 293 g/mol. The number of hydrogen-bond donors (Lipinski definition) is 2. The molecule has 0 fully saturated rings. The minimum Gasteiger partial charge on any atom is -0.504 e. The van der Waals surface area contributed by atoms with Gasteiger partial charge in [-0.1, -0.05) is 6.07 Å². The van der Waals surface area contributed by atoms with Crippen molar-refractivity contribution in [3.63, 3.8) is 0 Å². The third-order valence-corrected chi connectivity index (χ3v) is 3.99. The highest BCUT2D eigenvalue weighted by Gasteiger charge is 2.21. The summed E-state index contributed by atoms with van der Waals surface area (Å²) in [5, 5.41) is 12.7. The highest BCUT2D eigenvalue weighted by molar-refractivity contribution is 7.09. The van der Waals surface area contributed by atoms with Crippen LogP contribution >= 0.6 is 11.3 Å². The van der Waals surface area contributed by atoms with Crippen LogP contribution in [0.5, 0.6) is 11.5 Å². The van der Waals surface area contributed by atoms with Gasteiger partial charge in [-0.25, -0.2) is 4.98 Å². The number of phenols is 1. The molecule has 1 aromatic heterocycles. The molecule has 20 heavy (non-hydrogen) atoms. The SMILES string of the molecule is COc1cc(C(c2nc(CN)cs2)N(C)C)ccc1O. The van der Waals surface area contributed by atoms with E-state index in [0.29, 0.717) is 12.3 Å². The third kappa shape index (κ3) is 2.92. The predicted molar refractivity (Wildman–Crippen MR) is 80.2 cm³/mol. The van der Waals surface area contributed by atoms with Crippen molar-refractivity contribution in [2.75, 3.05) is 21.2 Å². The van der Waals surface area contributed by atoms with Crippen molar-refractivity contribution in [3.8, 4) is 11.5 Å². The van der Waals surface area contributed by atoms with E-state index in [1.165, 1.54) is 0 Å². The number of aromatic hydroxyl groups is 1. The lowest BCUT2D eigenvalue weighted by Crippen LogP contribution is -2.21. The number of thiazole rings is 1. The molecule has 108 valence electrons. The summed E-state index contributed by atoms with van der Waals surface area (Å²) in [5.41, 5.74) is 7.53. The molecule has 0 radical (unpaired) electrons. The number of benzene rings is 1. The second kappa shape index (κ2) is 6.21. The zero-order chi connectivity index (χ0) is 14.7. The smallest absolute Gasteiger partial charge is 0.160 e. The highest BCUT2D eigenvalue weighted by Crippen LogP contribution is 2.34. The molecule has 0 bridgehead atoms. The molecule has 0 amide bonds. The molecule has 5 nitrogen and oxygen atoms in total. The van der Waals surface area contributed by atoms with Gasteiger partial charge in [-0.3, -0.25) is 4.90 Å². The van der Waals surface area contributed by atoms with E-state index in [4.69, 9.17) is 10.5 Å². The molecular weight excluding hydrogens is 274 g/mol. The number of nitrogens with two attached hydrogens (primary N) is 1. The number of phenolic OH excluding ortho intramolecular Hbond substituents is 1. The Kier molecular flexibility index (Phi) is 4.59. The van der Waals surface area contributed by atoms with Gasteiger partial charge in [-0.15, -0.1) is 11.3 Å². The van der Waals surface area contributed by atoms with Crippen molar-refractivity contribution in [1.82, 2.24) is 9.88 Å². The molecule has 0 aliphatic carbocycles. The van der Waals surface area contributed by atoms with E-state index < -0.39 is 0 Å². The third-order valence-electron chi connectivity index (χ3n) is 3.05. The summed E-state index contributed by atoms with van der Waals surface area (Å²) in [7, 11) is 5.53. The van der Waals surface area contributed by atoms with Crippen molar-refractivity contribution in [1.29, 1.82) is 0 Å². The molecule has 0 saturated carbocycles. The van der Waals surface area contributed by atoms with E-state index in [9.17, 15) is 5.11 Å². The molecule has 1 atom stereocenters. The summed E-state index contributed by atoms with van der Waals surface area (Å²) in [6, 6.07) is 5.37. The van der Waals surface area contributed by atoms with Crippen LogP contribution in [0.2, 0.25) is 0 Å². The Balaban J connectivity index is 2.43. The van der Waals surface area contributed by atoms with Gasteiger partial charge in [0.15, 0.2) is 11.5 Å². The first kappa shape index (κ1) is 14.8. The number of ether oxygens (including phenoxy) is 1. The van der Waals surface area contributed by atoms with Crippen molar-refractivity contribution in [2.24, 2.45) is 5.73 Å². The van der Waals surface area contributed by atoms with Crippen LogP contribution in [-0.4, -0.2) is 36.2 Å². The van der Waals surface area contributed by atoms with Gasteiger partial charge in [0, 0.05) is 11.9 Å². The van der Waals surface area contributed by atoms with Crippen LogP contribution in [0.4, 0.5) is 0 Å². The zero-order valence-corrected chi connectivity index (χ0v) is 12.6. The maximum absolute atomic E-state index is 9.70. The molecule has 1 unspecified atom stereocenters. The van der Waals surface area contributed by atoms with Gasteiger partial charge in [-0.05, 0) is 31.8 Å². The fraction of sp³-hybridized carbons (Fsp3) is 0.357. The van der Waals surface area contributed by atoms with Crippen LogP contribution in [0.1, 0.15) is 22.3 Å². The van der Waals surface area contributed by atoms with Gasteiger partial charge in [0.1, 0.15) is 5.01 Å². The Labute approximate surface area is 122 Å². The van der Waals surface area contributed by atoms with Crippen LogP contribution in [0.15, 0.2) is 23.6 Å². The van der Waals surface area contributed by atoms with Gasteiger partial charge in [0.25, 0.3) is 0 Å². The van der Waals surface area contributed by atoms with Gasteiger partial charge < -0.3 is 15.6 Å². The molecule has 1 aromatic carbocycles. The Hall–Kier alpha value is -1.63. The second-order valence-electron chi connectivity index (χ2n) is 4.68. The molecule has 6 heteroatoms. The average Bonchev–Trinajstić information content (AvgIpc) is 2.89. The van der Waals surface area contributed by atoms with Crippen molar-refractivity contribution in [2.45, 2.75) is 12.6 Å². The van der Waals surface area contributed by atoms with Crippen molar-refractivity contribution < 1.29 is 9.84 Å². The largest absolute Gasteiger partial charge is 0.504 e. The van der Waals surface area contributed by atoms with E-state index >= 15 is 0 Å². The summed E-state index contributed by atoms with van der Waals surface area (Å²) >= 11 is 1.59. The summed E-state index contributed by atoms with van der Waals surface area (Å²) in [5.74, 6) is 0.598. The van der Waals surface area contributed by atoms with E-state index in [2.05, 4.69) is 9.88 Å². The van der Waals surface area contributed by atoms with Gasteiger partial charge >= 0.3 is 0 Å². The van der Waals surface area contributed by atoms with Gasteiger partial charge in [-0.2, -0.15) is 0 Å². The molecule has 0 spiro atoms. The molecule has 0 aliphatic heterocycles. The lowest BCUT2D eigenvalue weighted by atomic mass is 10.1. The van der Waals surface area contributed by atoms with E-state index in [1.54, 1.807) is 24.5 Å². The first-order valence-corrected chi connectivity index (χ1v) is 7.12. The number of rotatable bonds is 5. The predicted octanol–water partition coefficient (Wildman–Crippen LogP) is 1.97. The Bertz CT molecular complexity index is 584. The van der Waals surface area contributed by atoms with Crippen molar-refractivity contribution >= 4 is 11.3 Å². The van der Waals surface area contributed by atoms with E-state index in [1.807, 2.05) is 31.6 Å². The molecule has 0 aliphatic rings. The van der Waals surface area contributed by atoms with Crippen molar-refractivity contribution in [3.05, 3.63) is 39.8 Å². The van der Waals surface area contributed by atoms with Gasteiger partial charge in [0.2, 0.25) is 0 Å². The Morgan fingerprint density at radius 1 is 1.45 bits per heavy atom. The maximum Gasteiger partial charge on any atom is 0.160 e. The van der Waals surface area contributed by atoms with Crippen LogP contribution in [0.3, 0.4) is 0 Å². The first-order chi connectivity index (χ1) is 9.56. The van der Waals surface area contributed by atoms with Crippen LogP contribution < -0.4 is 10.5 Å². The van der Waals surface area contributed by atoms with E-state index in [0.717, 1.165) is 16.3 Å². The number of hydrogen-bond acceptors (Lipinski definition) is 6. The average molecular weight is 293 g/mol. The highest BCUT2D eigenvalue weighted by atomic mass is 32.1. The lowest BCUT2D eigenvalue weighted by Gasteiger charge is -2.23. The first-order valence-electron chi connectivity index (χ1n) is 6.24. The lowest BCUT2D eigenvalue weighted by molar-refractivity contribution is 0.336. The minimum absolute atomic E-state index is 0.00907. The molecule has 0 saturated heterocycles. The quantitative estimate of drug-likeness (QED) is 0.882. The molecule has 1 heterocycles. The zero-order valence-electron chi connectivity index (χ0n) is 11.8.